The Morgan fingerprint density at radius 2 is 2.00 bits per heavy atom. The summed E-state index contributed by atoms with van der Waals surface area (Å²) in [7, 11) is 1.60. The highest BCUT2D eigenvalue weighted by Gasteiger charge is 2.36. The lowest BCUT2D eigenvalue weighted by Crippen LogP contribution is -2.54. The van der Waals surface area contributed by atoms with E-state index in [-0.39, 0.29) is 23.2 Å². The second-order valence-corrected chi connectivity index (χ2v) is 6.68. The highest BCUT2D eigenvalue weighted by Crippen LogP contribution is 2.37. The average Bonchev–Trinajstić information content (AvgIpc) is 2.69. The van der Waals surface area contributed by atoms with E-state index in [0.717, 1.165) is 12.5 Å². The number of carbonyl (C=O) groups is 1. The van der Waals surface area contributed by atoms with Gasteiger partial charge in [-0.2, -0.15) is 18.4 Å². The Bertz CT molecular complexity index is 710. The van der Waals surface area contributed by atoms with Gasteiger partial charge in [0.25, 0.3) is 0 Å². The molecule has 1 amide bonds. The predicted molar refractivity (Wildman–Crippen MR) is 98.9 cm³/mol. The Morgan fingerprint density at radius 3 is 2.57 bits per heavy atom. The average molecular weight is 398 g/mol. The van der Waals surface area contributed by atoms with Gasteiger partial charge in [0.05, 0.1) is 23.2 Å². The number of amides is 1. The molecule has 6 nitrogen and oxygen atoms in total. The van der Waals surface area contributed by atoms with Crippen molar-refractivity contribution in [1.82, 2.24) is 10.2 Å². The van der Waals surface area contributed by atoms with Crippen LogP contribution in [0.2, 0.25) is 0 Å². The van der Waals surface area contributed by atoms with Crippen LogP contribution in [0.25, 0.3) is 0 Å². The minimum absolute atomic E-state index is 0.0199. The molecule has 1 atom stereocenters. The van der Waals surface area contributed by atoms with Gasteiger partial charge in [-0.15, -0.1) is 0 Å². The smallest absolute Gasteiger partial charge is 0.385 e. The van der Waals surface area contributed by atoms with Gasteiger partial charge >= 0.3 is 6.18 Å². The number of nitriles is 1. The van der Waals surface area contributed by atoms with Crippen LogP contribution in [0.5, 0.6) is 0 Å². The van der Waals surface area contributed by atoms with Crippen LogP contribution in [-0.4, -0.2) is 63.3 Å². The van der Waals surface area contributed by atoms with Gasteiger partial charge in [-0.3, -0.25) is 9.69 Å². The van der Waals surface area contributed by atoms with Gasteiger partial charge in [0.15, 0.2) is 0 Å². The zero-order chi connectivity index (χ0) is 20.7. The van der Waals surface area contributed by atoms with Crippen molar-refractivity contribution in [2.45, 2.75) is 25.6 Å². The summed E-state index contributed by atoms with van der Waals surface area (Å²) in [5.74, 6) is -0.0982. The zero-order valence-electron chi connectivity index (χ0n) is 16.1. The largest absolute Gasteiger partial charge is 0.418 e. The number of piperazine rings is 1. The molecule has 154 valence electrons. The van der Waals surface area contributed by atoms with E-state index < -0.39 is 11.7 Å². The molecule has 0 aromatic heterocycles. The molecule has 28 heavy (non-hydrogen) atoms. The van der Waals surface area contributed by atoms with Gasteiger partial charge in [-0.25, -0.2) is 0 Å². The summed E-state index contributed by atoms with van der Waals surface area (Å²) in [5.41, 5.74) is -0.750. The van der Waals surface area contributed by atoms with Crippen molar-refractivity contribution >= 4 is 11.6 Å². The number of benzene rings is 1. The molecule has 0 saturated carbocycles. The fourth-order valence-corrected chi connectivity index (χ4v) is 3.20. The summed E-state index contributed by atoms with van der Waals surface area (Å²) in [5, 5.41) is 11.7. The molecule has 1 aliphatic heterocycles. The standard InChI is InChI=1S/C19H25F3N4O2/c1-14(18(27)24-6-3-11-28-2)25-7-9-26(10-8-25)17-5-4-15(13-23)12-16(17)19(20,21)22/h4-5,12,14H,3,6-11H2,1-2H3,(H,24,27). The molecule has 0 radical (unpaired) electrons. The monoisotopic (exact) mass is 398 g/mol. The summed E-state index contributed by atoms with van der Waals surface area (Å²) < 4.78 is 45.1. The molecule has 1 heterocycles. The minimum atomic E-state index is -4.53. The second kappa shape index (κ2) is 9.75. The van der Waals surface area contributed by atoms with Gasteiger partial charge < -0.3 is 15.0 Å². The van der Waals surface area contributed by atoms with Crippen molar-refractivity contribution in [1.29, 1.82) is 5.26 Å². The minimum Gasteiger partial charge on any atom is -0.385 e. The predicted octanol–water partition coefficient (Wildman–Crippen LogP) is 2.24. The van der Waals surface area contributed by atoms with Crippen molar-refractivity contribution in [2.75, 3.05) is 51.3 Å². The van der Waals surface area contributed by atoms with E-state index in [9.17, 15) is 18.0 Å². The Hall–Kier alpha value is -2.31. The number of hydrogen-bond donors (Lipinski definition) is 1. The number of ether oxygens (including phenoxy) is 1. The highest BCUT2D eigenvalue weighted by molar-refractivity contribution is 5.81. The number of anilines is 1. The van der Waals surface area contributed by atoms with Crippen LogP contribution >= 0.6 is 0 Å². The first-order chi connectivity index (χ1) is 13.3. The van der Waals surface area contributed by atoms with Crippen LogP contribution < -0.4 is 10.2 Å². The first-order valence-corrected chi connectivity index (χ1v) is 9.15. The number of rotatable bonds is 7. The van der Waals surface area contributed by atoms with Crippen molar-refractivity contribution in [3.63, 3.8) is 0 Å². The molecule has 1 aromatic rings. The molecule has 1 aromatic carbocycles. The normalized spacial score (nSPS) is 16.5. The van der Waals surface area contributed by atoms with Gasteiger partial charge in [0, 0.05) is 52.1 Å². The molecule has 0 spiro atoms. The topological polar surface area (TPSA) is 68.6 Å². The van der Waals surface area contributed by atoms with Crippen LogP contribution in [-0.2, 0) is 15.7 Å². The molecule has 0 bridgehead atoms. The number of hydrogen-bond acceptors (Lipinski definition) is 5. The van der Waals surface area contributed by atoms with Crippen LogP contribution in [0.1, 0.15) is 24.5 Å². The quantitative estimate of drug-likeness (QED) is 0.714. The first-order valence-electron chi connectivity index (χ1n) is 9.15. The summed E-state index contributed by atoms with van der Waals surface area (Å²) in [6, 6.07) is 5.03. The maximum Gasteiger partial charge on any atom is 0.418 e. The van der Waals surface area contributed by atoms with E-state index in [2.05, 4.69) is 5.32 Å². The van der Waals surface area contributed by atoms with Gasteiger partial charge in [-0.1, -0.05) is 0 Å². The van der Waals surface area contributed by atoms with Crippen molar-refractivity contribution in [2.24, 2.45) is 0 Å². The lowest BCUT2D eigenvalue weighted by Gasteiger charge is -2.39. The van der Waals surface area contributed by atoms with Crippen LogP contribution in [0.4, 0.5) is 18.9 Å². The Morgan fingerprint density at radius 1 is 1.32 bits per heavy atom. The molecule has 9 heteroatoms. The van der Waals surface area contributed by atoms with E-state index >= 15 is 0 Å². The van der Waals surface area contributed by atoms with Crippen LogP contribution in [0.15, 0.2) is 18.2 Å². The summed E-state index contributed by atoms with van der Waals surface area (Å²) in [6.07, 6.45) is -3.81. The fraction of sp³-hybridized carbons (Fsp3) is 0.579. The fourth-order valence-electron chi connectivity index (χ4n) is 3.20. The van der Waals surface area contributed by atoms with E-state index in [1.807, 2.05) is 4.90 Å². The molecule has 2 rings (SSSR count). The first kappa shape index (κ1) is 22.0. The maximum atomic E-state index is 13.4. The zero-order valence-corrected chi connectivity index (χ0v) is 16.1. The molecule has 1 aliphatic rings. The van der Waals surface area contributed by atoms with Crippen LogP contribution in [0.3, 0.4) is 0 Å². The Kier molecular flexibility index (Phi) is 7.66. The SMILES string of the molecule is COCCCNC(=O)C(C)N1CCN(c2ccc(C#N)cc2C(F)(F)F)CC1. The van der Waals surface area contributed by atoms with Gasteiger partial charge in [-0.05, 0) is 31.5 Å². The number of methoxy groups -OCH3 is 1. The third kappa shape index (κ3) is 5.59. The molecule has 1 N–H and O–H groups in total. The lowest BCUT2D eigenvalue weighted by molar-refractivity contribution is -0.137. The molecular weight excluding hydrogens is 373 g/mol. The summed E-state index contributed by atoms with van der Waals surface area (Å²) >= 11 is 0. The second-order valence-electron chi connectivity index (χ2n) is 6.68. The molecule has 1 fully saturated rings. The maximum absolute atomic E-state index is 13.4. The third-order valence-corrected chi connectivity index (χ3v) is 4.84. The Labute approximate surface area is 162 Å². The number of nitrogens with one attached hydrogen (secondary N) is 1. The summed E-state index contributed by atoms with van der Waals surface area (Å²) in [6.45, 7) is 4.58. The van der Waals surface area contributed by atoms with Gasteiger partial charge in [0.2, 0.25) is 5.91 Å². The third-order valence-electron chi connectivity index (χ3n) is 4.84. The van der Waals surface area contributed by atoms with Crippen molar-refractivity contribution in [3.8, 4) is 6.07 Å². The lowest BCUT2D eigenvalue weighted by atomic mass is 10.1. The molecule has 1 unspecified atom stereocenters. The van der Waals surface area contributed by atoms with Gasteiger partial charge in [0.1, 0.15) is 0 Å². The number of nitrogens with zero attached hydrogens (tertiary/aromatic N) is 3. The Balaban J connectivity index is 1.98. The van der Waals surface area contributed by atoms with E-state index in [4.69, 9.17) is 10.00 Å². The van der Waals surface area contributed by atoms with Crippen molar-refractivity contribution in [3.05, 3.63) is 29.3 Å². The molecule has 0 aliphatic carbocycles. The van der Waals surface area contributed by atoms with E-state index in [1.54, 1.807) is 25.0 Å². The number of halogens is 3. The van der Waals surface area contributed by atoms with E-state index in [0.29, 0.717) is 39.3 Å². The number of alkyl halides is 3. The van der Waals surface area contributed by atoms with Crippen molar-refractivity contribution < 1.29 is 22.7 Å². The molecular formula is C19H25F3N4O2. The van der Waals surface area contributed by atoms with Crippen LogP contribution in [0, 0.1) is 11.3 Å². The summed E-state index contributed by atoms with van der Waals surface area (Å²) in [4.78, 5) is 15.8. The van der Waals surface area contributed by atoms with E-state index in [1.165, 1.54) is 12.1 Å². The molecule has 1 saturated heterocycles. The number of carbonyl (C=O) groups excluding carboxylic acids is 1. The highest BCUT2D eigenvalue weighted by atomic mass is 19.4.